The lowest BCUT2D eigenvalue weighted by Gasteiger charge is -2.32. The minimum absolute atomic E-state index is 0.135. The molecule has 1 fully saturated rings. The molecule has 0 radical (unpaired) electrons. The summed E-state index contributed by atoms with van der Waals surface area (Å²) in [4.78, 5) is 35.2. The van der Waals surface area contributed by atoms with Crippen molar-refractivity contribution in [1.82, 2.24) is 5.32 Å². The number of carbonyl (C=O) groups excluding carboxylic acids is 2. The third-order valence-corrected chi connectivity index (χ3v) is 4.34. The molecule has 0 aliphatic heterocycles. The topological polar surface area (TPSA) is 95.5 Å². The van der Waals surface area contributed by atoms with Crippen LogP contribution < -0.4 is 10.6 Å². The molecule has 1 aromatic carbocycles. The van der Waals surface area contributed by atoms with E-state index in [9.17, 15) is 14.4 Å². The van der Waals surface area contributed by atoms with Crippen LogP contribution in [0.2, 0.25) is 5.02 Å². The molecule has 0 unspecified atom stereocenters. The van der Waals surface area contributed by atoms with E-state index in [0.29, 0.717) is 24.9 Å². The van der Waals surface area contributed by atoms with Crippen LogP contribution in [-0.4, -0.2) is 28.9 Å². The summed E-state index contributed by atoms with van der Waals surface area (Å²) in [6.45, 7) is 5.91. The zero-order valence-electron chi connectivity index (χ0n) is 14.6. The molecule has 0 saturated heterocycles. The molecule has 0 heterocycles. The summed E-state index contributed by atoms with van der Waals surface area (Å²) in [5, 5.41) is 14.7. The lowest BCUT2D eigenvalue weighted by molar-refractivity contribution is -0.145. The number of hydrogen-bond donors (Lipinski definition) is 3. The summed E-state index contributed by atoms with van der Waals surface area (Å²) in [7, 11) is 0. The number of anilines is 1. The van der Waals surface area contributed by atoms with Crippen LogP contribution >= 0.6 is 11.6 Å². The Balaban J connectivity index is 2.00. The molecule has 2 amide bonds. The van der Waals surface area contributed by atoms with Gasteiger partial charge in [0.05, 0.1) is 16.5 Å². The number of hydrogen-bond acceptors (Lipinski definition) is 3. The minimum Gasteiger partial charge on any atom is -0.481 e. The van der Waals surface area contributed by atoms with Gasteiger partial charge in [0, 0.05) is 18.2 Å². The second-order valence-corrected chi connectivity index (χ2v) is 8.06. The van der Waals surface area contributed by atoms with E-state index in [-0.39, 0.29) is 33.9 Å². The number of amides is 2. The van der Waals surface area contributed by atoms with E-state index in [1.165, 1.54) is 6.07 Å². The van der Waals surface area contributed by atoms with Crippen LogP contribution in [0.1, 0.15) is 50.4 Å². The van der Waals surface area contributed by atoms with Gasteiger partial charge >= 0.3 is 5.97 Å². The van der Waals surface area contributed by atoms with Gasteiger partial charge in [-0.25, -0.2) is 0 Å². The van der Waals surface area contributed by atoms with Crippen LogP contribution in [0, 0.1) is 11.3 Å². The van der Waals surface area contributed by atoms with Crippen molar-refractivity contribution in [2.45, 2.75) is 46.1 Å². The van der Waals surface area contributed by atoms with Crippen molar-refractivity contribution >= 4 is 35.1 Å². The molecule has 1 aliphatic rings. The van der Waals surface area contributed by atoms with Crippen molar-refractivity contribution < 1.29 is 19.5 Å². The van der Waals surface area contributed by atoms with E-state index < -0.39 is 11.9 Å². The Morgan fingerprint density at radius 1 is 1.24 bits per heavy atom. The SMILES string of the molecule is CC(C)(C)CC(=O)Nc1ccc(Cl)c(C(=O)NC2CC(C(=O)O)C2)c1. The van der Waals surface area contributed by atoms with Crippen molar-refractivity contribution in [2.24, 2.45) is 11.3 Å². The van der Waals surface area contributed by atoms with E-state index in [0.717, 1.165) is 0 Å². The molecule has 25 heavy (non-hydrogen) atoms. The lowest BCUT2D eigenvalue weighted by atomic mass is 9.80. The Kier molecular flexibility index (Phi) is 5.72. The van der Waals surface area contributed by atoms with Gasteiger partial charge in [-0.1, -0.05) is 32.4 Å². The summed E-state index contributed by atoms with van der Waals surface area (Å²) in [5.74, 6) is -1.74. The van der Waals surface area contributed by atoms with E-state index >= 15 is 0 Å². The maximum absolute atomic E-state index is 12.4. The molecule has 0 aromatic heterocycles. The minimum atomic E-state index is -0.841. The summed E-state index contributed by atoms with van der Waals surface area (Å²) in [6, 6.07) is 4.57. The standard InChI is InChI=1S/C18H23ClN2O4/c1-18(2,3)9-15(22)20-11-4-5-14(19)13(8-11)16(23)21-12-6-10(7-12)17(24)25/h4-5,8,10,12H,6-7,9H2,1-3H3,(H,20,22)(H,21,23)(H,24,25). The van der Waals surface area contributed by atoms with E-state index in [4.69, 9.17) is 16.7 Å². The maximum atomic E-state index is 12.4. The maximum Gasteiger partial charge on any atom is 0.306 e. The number of carbonyl (C=O) groups is 3. The van der Waals surface area contributed by atoms with Crippen molar-refractivity contribution in [3.05, 3.63) is 28.8 Å². The molecular formula is C18H23ClN2O4. The zero-order chi connectivity index (χ0) is 18.8. The average Bonchev–Trinajstić information content (AvgIpc) is 2.41. The molecule has 0 bridgehead atoms. The first kappa shape index (κ1) is 19.2. The Bertz CT molecular complexity index is 691. The first-order valence-corrected chi connectivity index (χ1v) is 8.56. The first-order valence-electron chi connectivity index (χ1n) is 8.18. The van der Waals surface area contributed by atoms with Crippen LogP contribution in [0.5, 0.6) is 0 Å². The van der Waals surface area contributed by atoms with Crippen LogP contribution in [-0.2, 0) is 9.59 Å². The normalized spacial score (nSPS) is 19.7. The first-order chi connectivity index (χ1) is 11.5. The summed E-state index contributed by atoms with van der Waals surface area (Å²) in [6.07, 6.45) is 1.19. The number of nitrogens with one attached hydrogen (secondary N) is 2. The predicted octanol–water partition coefficient (Wildman–Crippen LogP) is 3.31. The van der Waals surface area contributed by atoms with Gasteiger partial charge in [-0.15, -0.1) is 0 Å². The van der Waals surface area contributed by atoms with E-state index in [1.54, 1.807) is 12.1 Å². The van der Waals surface area contributed by atoms with Crippen molar-refractivity contribution in [3.63, 3.8) is 0 Å². The van der Waals surface area contributed by atoms with Gasteiger partial charge in [0.2, 0.25) is 5.91 Å². The fraction of sp³-hybridized carbons (Fsp3) is 0.500. The number of carboxylic acid groups (broad SMARTS) is 1. The number of benzene rings is 1. The third-order valence-electron chi connectivity index (χ3n) is 4.01. The van der Waals surface area contributed by atoms with Crippen molar-refractivity contribution in [1.29, 1.82) is 0 Å². The fourth-order valence-electron chi connectivity index (χ4n) is 2.66. The molecule has 3 N–H and O–H groups in total. The van der Waals surface area contributed by atoms with Gasteiger partial charge in [-0.3, -0.25) is 14.4 Å². The van der Waals surface area contributed by atoms with Gasteiger partial charge in [0.1, 0.15) is 0 Å². The van der Waals surface area contributed by atoms with Gasteiger partial charge in [0.25, 0.3) is 5.91 Å². The monoisotopic (exact) mass is 366 g/mol. The molecule has 7 heteroatoms. The number of aliphatic carboxylic acids is 1. The molecule has 6 nitrogen and oxygen atoms in total. The van der Waals surface area contributed by atoms with Crippen LogP contribution in [0.4, 0.5) is 5.69 Å². The van der Waals surface area contributed by atoms with Gasteiger partial charge in [0.15, 0.2) is 0 Å². The Morgan fingerprint density at radius 2 is 1.88 bits per heavy atom. The Labute approximate surface area is 151 Å². The average molecular weight is 367 g/mol. The quantitative estimate of drug-likeness (QED) is 0.744. The highest BCUT2D eigenvalue weighted by Gasteiger charge is 2.35. The number of rotatable bonds is 5. The molecule has 2 rings (SSSR count). The van der Waals surface area contributed by atoms with E-state index in [2.05, 4.69) is 10.6 Å². The molecular weight excluding hydrogens is 344 g/mol. The highest BCUT2D eigenvalue weighted by molar-refractivity contribution is 6.34. The summed E-state index contributed by atoms with van der Waals surface area (Å²) < 4.78 is 0. The number of halogens is 1. The third kappa shape index (κ3) is 5.46. The van der Waals surface area contributed by atoms with Crippen LogP contribution in [0.3, 0.4) is 0 Å². The predicted molar refractivity (Wildman–Crippen MR) is 95.8 cm³/mol. The number of carboxylic acids is 1. The summed E-state index contributed by atoms with van der Waals surface area (Å²) in [5.41, 5.74) is 0.622. The second kappa shape index (κ2) is 7.44. The van der Waals surface area contributed by atoms with Crippen molar-refractivity contribution in [2.75, 3.05) is 5.32 Å². The molecule has 1 aromatic rings. The van der Waals surface area contributed by atoms with Gasteiger partial charge < -0.3 is 15.7 Å². The molecule has 136 valence electrons. The van der Waals surface area contributed by atoms with Crippen LogP contribution in [0.25, 0.3) is 0 Å². The fourth-order valence-corrected chi connectivity index (χ4v) is 2.87. The molecule has 0 spiro atoms. The summed E-state index contributed by atoms with van der Waals surface area (Å²) >= 11 is 6.09. The largest absolute Gasteiger partial charge is 0.481 e. The second-order valence-electron chi connectivity index (χ2n) is 7.66. The Hall–Kier alpha value is -2.08. The molecule has 1 saturated carbocycles. The van der Waals surface area contributed by atoms with E-state index in [1.807, 2.05) is 20.8 Å². The smallest absolute Gasteiger partial charge is 0.306 e. The highest BCUT2D eigenvalue weighted by Crippen LogP contribution is 2.29. The zero-order valence-corrected chi connectivity index (χ0v) is 15.3. The van der Waals surface area contributed by atoms with Crippen LogP contribution in [0.15, 0.2) is 18.2 Å². The lowest BCUT2D eigenvalue weighted by Crippen LogP contribution is -2.46. The molecule has 1 aliphatic carbocycles. The van der Waals surface area contributed by atoms with Gasteiger partial charge in [-0.2, -0.15) is 0 Å². The van der Waals surface area contributed by atoms with Crippen molar-refractivity contribution in [3.8, 4) is 0 Å². The Morgan fingerprint density at radius 3 is 2.44 bits per heavy atom. The highest BCUT2D eigenvalue weighted by atomic mass is 35.5. The van der Waals surface area contributed by atoms with Gasteiger partial charge in [-0.05, 0) is 36.5 Å². The molecule has 0 atom stereocenters.